The molecule has 7 heteroatoms. The minimum absolute atomic E-state index is 0.0236. The Kier molecular flexibility index (Phi) is 5.15. The van der Waals surface area contributed by atoms with Crippen LogP contribution in [0.1, 0.15) is 35.9 Å². The molecule has 3 aromatic carbocycles. The number of fused-ring (bicyclic) bond motifs is 1. The summed E-state index contributed by atoms with van der Waals surface area (Å²) in [6.45, 7) is 0. The van der Waals surface area contributed by atoms with Crippen LogP contribution < -0.4 is 10.6 Å². The summed E-state index contributed by atoms with van der Waals surface area (Å²) in [6, 6.07) is 21.6. The van der Waals surface area contributed by atoms with E-state index in [1.165, 1.54) is 6.07 Å². The Bertz CT molecular complexity index is 1250. The van der Waals surface area contributed by atoms with E-state index in [9.17, 15) is 14.9 Å². The molecule has 0 saturated carbocycles. The van der Waals surface area contributed by atoms with Crippen LogP contribution in [0.5, 0.6) is 0 Å². The van der Waals surface area contributed by atoms with Crippen molar-refractivity contribution >= 4 is 34.4 Å². The van der Waals surface area contributed by atoms with Crippen LogP contribution in [0.4, 0.5) is 17.1 Å². The molecule has 1 heterocycles. The monoisotopic (exact) mass is 445 g/mol. The van der Waals surface area contributed by atoms with Gasteiger partial charge in [0.05, 0.1) is 22.3 Å². The first-order valence-corrected chi connectivity index (χ1v) is 10.8. The van der Waals surface area contributed by atoms with Gasteiger partial charge in [-0.05, 0) is 47.7 Å². The lowest BCUT2D eigenvalue weighted by atomic mass is 9.78. The van der Waals surface area contributed by atoms with Crippen LogP contribution in [-0.2, 0) is 4.79 Å². The molecule has 3 aromatic rings. The number of nitro groups is 1. The fourth-order valence-corrected chi connectivity index (χ4v) is 4.65. The molecule has 32 heavy (non-hydrogen) atoms. The van der Waals surface area contributed by atoms with E-state index in [-0.39, 0.29) is 23.4 Å². The van der Waals surface area contributed by atoms with E-state index in [1.54, 1.807) is 12.1 Å². The molecule has 1 aliphatic carbocycles. The Hall–Kier alpha value is -3.64. The van der Waals surface area contributed by atoms with Gasteiger partial charge in [-0.25, -0.2) is 0 Å². The lowest BCUT2D eigenvalue weighted by Crippen LogP contribution is -2.26. The number of nitrogens with zero attached hydrogens (tertiary/aromatic N) is 1. The lowest BCUT2D eigenvalue weighted by Gasteiger charge is -2.30. The number of Topliss-reactive ketones (excluding diaryl/α,β-unsaturated/α-hetero) is 1. The zero-order valence-corrected chi connectivity index (χ0v) is 17.8. The van der Waals surface area contributed by atoms with Gasteiger partial charge in [0.1, 0.15) is 0 Å². The minimum Gasteiger partial charge on any atom is -0.372 e. The molecular weight excluding hydrogens is 426 g/mol. The number of hydrogen-bond donors (Lipinski definition) is 2. The molecule has 0 spiro atoms. The second-order valence-corrected chi connectivity index (χ2v) is 8.51. The van der Waals surface area contributed by atoms with Gasteiger partial charge in [-0.3, -0.25) is 14.9 Å². The van der Waals surface area contributed by atoms with Crippen molar-refractivity contribution in [3.05, 3.63) is 110 Å². The fourth-order valence-electron chi connectivity index (χ4n) is 4.53. The highest BCUT2D eigenvalue weighted by atomic mass is 35.5. The van der Waals surface area contributed by atoms with Crippen LogP contribution in [0.2, 0.25) is 5.02 Å². The fraction of sp³-hybridized carbons (Fsp3) is 0.160. The summed E-state index contributed by atoms with van der Waals surface area (Å²) >= 11 is 6.09. The van der Waals surface area contributed by atoms with E-state index in [1.807, 2.05) is 54.6 Å². The number of rotatable bonds is 3. The smallest absolute Gasteiger partial charge is 0.269 e. The molecule has 5 rings (SSSR count). The zero-order valence-electron chi connectivity index (χ0n) is 17.0. The largest absolute Gasteiger partial charge is 0.372 e. The molecular formula is C25H20ClN3O3. The van der Waals surface area contributed by atoms with E-state index < -0.39 is 4.92 Å². The highest BCUT2D eigenvalue weighted by Gasteiger charge is 2.36. The molecule has 0 fully saturated rings. The van der Waals surface area contributed by atoms with Crippen LogP contribution >= 0.6 is 11.6 Å². The number of nitro benzene ring substituents is 1. The highest BCUT2D eigenvalue weighted by molar-refractivity contribution is 6.30. The summed E-state index contributed by atoms with van der Waals surface area (Å²) in [7, 11) is 0. The summed E-state index contributed by atoms with van der Waals surface area (Å²) in [5.74, 6) is -0.111. The summed E-state index contributed by atoms with van der Waals surface area (Å²) in [6.07, 6.45) is 0.881. The van der Waals surface area contributed by atoms with E-state index in [4.69, 9.17) is 11.6 Å². The second kappa shape index (κ2) is 8.13. The van der Waals surface area contributed by atoms with Crippen molar-refractivity contribution in [1.29, 1.82) is 0 Å². The normalized spacial score (nSPS) is 19.8. The van der Waals surface area contributed by atoms with E-state index >= 15 is 0 Å². The molecule has 0 aromatic heterocycles. The third-order valence-electron chi connectivity index (χ3n) is 6.06. The molecule has 2 N–H and O–H groups in total. The Balaban J connectivity index is 1.59. The Morgan fingerprint density at radius 3 is 2.41 bits per heavy atom. The quantitative estimate of drug-likeness (QED) is 0.369. The predicted molar refractivity (Wildman–Crippen MR) is 125 cm³/mol. The first-order valence-electron chi connectivity index (χ1n) is 10.4. The second-order valence-electron chi connectivity index (χ2n) is 8.07. The Morgan fingerprint density at radius 2 is 1.66 bits per heavy atom. The molecule has 0 saturated heterocycles. The van der Waals surface area contributed by atoms with Crippen molar-refractivity contribution in [1.82, 2.24) is 0 Å². The van der Waals surface area contributed by atoms with E-state index in [0.717, 1.165) is 28.2 Å². The highest BCUT2D eigenvalue weighted by Crippen LogP contribution is 2.44. The Morgan fingerprint density at radius 1 is 0.906 bits per heavy atom. The van der Waals surface area contributed by atoms with Gasteiger partial charge in [-0.1, -0.05) is 48.0 Å². The zero-order chi connectivity index (χ0) is 22.2. The number of allylic oxidation sites excluding steroid dienone is 1. The number of carbonyl (C=O) groups excluding carboxylic acids is 1. The van der Waals surface area contributed by atoms with Crippen molar-refractivity contribution in [2.45, 2.75) is 24.8 Å². The Labute approximate surface area is 190 Å². The molecule has 0 unspecified atom stereocenters. The first kappa shape index (κ1) is 20.3. The molecule has 0 amide bonds. The van der Waals surface area contributed by atoms with Crippen LogP contribution in [0.3, 0.4) is 0 Å². The average Bonchev–Trinajstić information content (AvgIpc) is 2.96. The van der Waals surface area contributed by atoms with Gasteiger partial charge < -0.3 is 10.6 Å². The van der Waals surface area contributed by atoms with Crippen molar-refractivity contribution < 1.29 is 9.72 Å². The summed E-state index contributed by atoms with van der Waals surface area (Å²) in [5, 5.41) is 18.9. The van der Waals surface area contributed by atoms with Crippen molar-refractivity contribution in [2.24, 2.45) is 0 Å². The molecule has 1 aliphatic heterocycles. The maximum atomic E-state index is 13.5. The maximum absolute atomic E-state index is 13.5. The summed E-state index contributed by atoms with van der Waals surface area (Å²) < 4.78 is 0. The number of non-ortho nitro benzene ring substituents is 1. The minimum atomic E-state index is -0.403. The van der Waals surface area contributed by atoms with Crippen molar-refractivity contribution in [3.63, 3.8) is 0 Å². The number of anilines is 2. The van der Waals surface area contributed by atoms with Gasteiger partial charge in [-0.2, -0.15) is 0 Å². The summed E-state index contributed by atoms with van der Waals surface area (Å²) in [4.78, 5) is 24.3. The molecule has 6 nitrogen and oxygen atoms in total. The molecule has 160 valence electrons. The van der Waals surface area contributed by atoms with Crippen LogP contribution in [0.15, 0.2) is 84.1 Å². The molecule has 0 radical (unpaired) electrons. The van der Waals surface area contributed by atoms with Crippen LogP contribution in [0, 0.1) is 10.1 Å². The lowest BCUT2D eigenvalue weighted by molar-refractivity contribution is -0.384. The van der Waals surface area contributed by atoms with Crippen LogP contribution in [0.25, 0.3) is 0 Å². The van der Waals surface area contributed by atoms with Gasteiger partial charge in [0.2, 0.25) is 0 Å². The number of para-hydroxylation sites is 2. The predicted octanol–water partition coefficient (Wildman–Crippen LogP) is 6.23. The van der Waals surface area contributed by atoms with E-state index in [2.05, 4.69) is 10.6 Å². The first-order chi connectivity index (χ1) is 15.5. The van der Waals surface area contributed by atoms with Crippen molar-refractivity contribution in [2.75, 3.05) is 10.6 Å². The van der Waals surface area contributed by atoms with Gasteiger partial charge >= 0.3 is 0 Å². The van der Waals surface area contributed by atoms with Crippen LogP contribution in [-0.4, -0.2) is 10.7 Å². The molecule has 0 bridgehead atoms. The van der Waals surface area contributed by atoms with Gasteiger partial charge in [0, 0.05) is 34.8 Å². The number of halogens is 1. The molecule has 2 atom stereocenters. The number of hydrogen-bond acceptors (Lipinski definition) is 5. The number of carbonyl (C=O) groups is 1. The maximum Gasteiger partial charge on any atom is 0.269 e. The van der Waals surface area contributed by atoms with Gasteiger partial charge in [0.15, 0.2) is 5.78 Å². The molecule has 2 aliphatic rings. The third kappa shape index (κ3) is 3.74. The van der Waals surface area contributed by atoms with Crippen molar-refractivity contribution in [3.8, 4) is 0 Å². The topological polar surface area (TPSA) is 84.3 Å². The number of nitrogens with one attached hydrogen (secondary N) is 2. The average molecular weight is 446 g/mol. The number of ketones is 1. The SMILES string of the molecule is O=C1C[C@@H](c2cccc([N+](=O)[O-])c2)CC2=C1[C@H](c1ccc(Cl)cc1)Nc1ccccc1N2. The summed E-state index contributed by atoms with van der Waals surface area (Å²) in [5.41, 5.74) is 5.12. The third-order valence-corrected chi connectivity index (χ3v) is 6.32. The van der Waals surface area contributed by atoms with Gasteiger partial charge in [-0.15, -0.1) is 0 Å². The van der Waals surface area contributed by atoms with Gasteiger partial charge in [0.25, 0.3) is 5.69 Å². The number of benzene rings is 3. The van der Waals surface area contributed by atoms with E-state index in [0.29, 0.717) is 23.4 Å². The standard InChI is InChI=1S/C25H20ClN3O3/c26-18-10-8-15(9-11-18)25-24-22(27-20-6-1-2-7-21(20)28-25)13-17(14-23(24)30)16-4-3-5-19(12-16)29(31)32/h1-12,17,25,27-28H,13-14H2/t17-,25-/m0/s1.